The van der Waals surface area contributed by atoms with Crippen LogP contribution in [0.2, 0.25) is 0 Å². The van der Waals surface area contributed by atoms with Crippen molar-refractivity contribution in [3.63, 3.8) is 0 Å². The van der Waals surface area contributed by atoms with E-state index in [0.717, 1.165) is 22.6 Å². The molecule has 0 saturated heterocycles. The molecule has 0 spiro atoms. The Morgan fingerprint density at radius 1 is 0.600 bits per heavy atom. The zero-order valence-electron chi connectivity index (χ0n) is 21.1. The number of hydrogen-bond donors (Lipinski definition) is 0. The molecule has 35 heavy (non-hydrogen) atoms. The van der Waals surface area contributed by atoms with Crippen LogP contribution in [0.25, 0.3) is 22.6 Å². The minimum atomic E-state index is 0.557. The molecule has 0 unspecified atom stereocenters. The van der Waals surface area contributed by atoms with Gasteiger partial charge in [-0.3, -0.25) is 0 Å². The van der Waals surface area contributed by atoms with Crippen LogP contribution in [0, 0.1) is 41.5 Å². The molecular weight excluding hydrogens is 430 g/mol. The number of para-hydroxylation sites is 1. The van der Waals surface area contributed by atoms with Crippen molar-refractivity contribution in [2.24, 2.45) is 0 Å². The molecule has 0 radical (unpaired) electrons. The highest BCUT2D eigenvalue weighted by Gasteiger charge is 2.23. The molecule has 5 rings (SSSR count). The molecule has 0 saturated carbocycles. The summed E-state index contributed by atoms with van der Waals surface area (Å²) in [5.41, 5.74) is 13.8. The number of anilines is 3. The summed E-state index contributed by atoms with van der Waals surface area (Å²) < 4.78 is 0. The molecule has 3 aromatic carbocycles. The molecule has 0 atom stereocenters. The van der Waals surface area contributed by atoms with Crippen molar-refractivity contribution in [3.05, 3.63) is 101 Å². The average molecular weight is 460 g/mol. The Morgan fingerprint density at radius 3 is 1.83 bits per heavy atom. The lowest BCUT2D eigenvalue weighted by Gasteiger charge is -2.32. The number of hydrogen-bond acceptors (Lipinski definition) is 5. The topological polar surface area (TPSA) is 54.8 Å². The van der Waals surface area contributed by atoms with Gasteiger partial charge in [0.15, 0.2) is 11.3 Å². The number of aryl methyl sites for hydroxylation is 2. The molecule has 2 heterocycles. The molecule has 5 aromatic rings. The van der Waals surface area contributed by atoms with Crippen LogP contribution in [-0.4, -0.2) is 19.9 Å². The second-order valence-electron chi connectivity index (χ2n) is 9.20. The van der Waals surface area contributed by atoms with E-state index >= 15 is 0 Å². The van der Waals surface area contributed by atoms with Gasteiger partial charge in [-0.25, -0.2) is 19.9 Å². The summed E-state index contributed by atoms with van der Waals surface area (Å²) in [5.74, 6) is 0. The van der Waals surface area contributed by atoms with E-state index in [9.17, 15) is 0 Å². The third-order valence-electron chi connectivity index (χ3n) is 6.74. The highest BCUT2D eigenvalue weighted by molar-refractivity contribution is 5.86. The minimum absolute atomic E-state index is 0.557. The fourth-order valence-electron chi connectivity index (χ4n) is 4.96. The van der Waals surface area contributed by atoms with Crippen molar-refractivity contribution < 1.29 is 0 Å². The molecule has 0 fully saturated rings. The van der Waals surface area contributed by atoms with Crippen LogP contribution in [0.15, 0.2) is 67.1 Å². The smallest absolute Gasteiger partial charge is 0.198 e. The predicted octanol–water partition coefficient (Wildman–Crippen LogP) is 7.41. The van der Waals surface area contributed by atoms with Gasteiger partial charge in [0.25, 0.3) is 0 Å². The number of aromatic nitrogens is 4. The molecule has 0 amide bonds. The highest BCUT2D eigenvalue weighted by Crippen LogP contribution is 2.44. The first-order valence-electron chi connectivity index (χ1n) is 11.8. The van der Waals surface area contributed by atoms with Crippen LogP contribution in [-0.2, 0) is 0 Å². The van der Waals surface area contributed by atoms with Gasteiger partial charge in [0.1, 0.15) is 0 Å². The van der Waals surface area contributed by atoms with Crippen molar-refractivity contribution in [2.45, 2.75) is 41.5 Å². The molecule has 174 valence electrons. The lowest BCUT2D eigenvalue weighted by atomic mass is 9.89. The van der Waals surface area contributed by atoms with Crippen LogP contribution >= 0.6 is 0 Å². The minimum Gasteiger partial charge on any atom is -0.310 e. The quantitative estimate of drug-likeness (QED) is 0.280. The van der Waals surface area contributed by atoms with Gasteiger partial charge in [-0.2, -0.15) is 0 Å². The largest absolute Gasteiger partial charge is 0.310 e. The maximum absolute atomic E-state index is 4.81. The first-order valence-corrected chi connectivity index (χ1v) is 11.8. The Balaban J connectivity index is 1.77. The van der Waals surface area contributed by atoms with E-state index < -0.39 is 0 Å². The monoisotopic (exact) mass is 459 g/mol. The predicted molar refractivity (Wildman–Crippen MR) is 144 cm³/mol. The van der Waals surface area contributed by atoms with Gasteiger partial charge in [0.05, 0.1) is 17.6 Å². The first kappa shape index (κ1) is 22.7. The van der Waals surface area contributed by atoms with Gasteiger partial charge >= 0.3 is 0 Å². The third kappa shape index (κ3) is 4.03. The Hall–Kier alpha value is -4.12. The highest BCUT2D eigenvalue weighted by atomic mass is 15.1. The van der Waals surface area contributed by atoms with Gasteiger partial charge in [0.2, 0.25) is 0 Å². The fourth-order valence-corrected chi connectivity index (χ4v) is 4.96. The lowest BCUT2D eigenvalue weighted by molar-refractivity contribution is 1.13. The van der Waals surface area contributed by atoms with Crippen molar-refractivity contribution in [3.8, 4) is 11.3 Å². The van der Waals surface area contributed by atoms with Gasteiger partial charge in [-0.05, 0) is 99.2 Å². The number of fused-ring (bicyclic) bond motifs is 1. The number of benzene rings is 3. The molecule has 0 aliphatic carbocycles. The van der Waals surface area contributed by atoms with Gasteiger partial charge in [-0.1, -0.05) is 24.3 Å². The summed E-state index contributed by atoms with van der Waals surface area (Å²) in [6, 6.07) is 17.3. The number of rotatable bonds is 4. The Morgan fingerprint density at radius 2 is 1.20 bits per heavy atom. The van der Waals surface area contributed by atoms with E-state index in [1.54, 1.807) is 12.4 Å². The third-order valence-corrected chi connectivity index (χ3v) is 6.74. The van der Waals surface area contributed by atoms with E-state index in [2.05, 4.69) is 110 Å². The molecular formula is C30H29N5. The van der Waals surface area contributed by atoms with E-state index in [1.165, 1.54) is 39.1 Å². The molecule has 5 heteroatoms. The molecule has 0 aliphatic heterocycles. The van der Waals surface area contributed by atoms with Gasteiger partial charge in [-0.15, -0.1) is 0 Å². The van der Waals surface area contributed by atoms with Crippen LogP contribution in [0.1, 0.15) is 33.4 Å². The number of nitrogens with zero attached hydrogens (tertiary/aromatic N) is 5. The second kappa shape index (κ2) is 8.91. The van der Waals surface area contributed by atoms with Crippen molar-refractivity contribution in [2.75, 3.05) is 4.90 Å². The maximum Gasteiger partial charge on any atom is 0.198 e. The van der Waals surface area contributed by atoms with Crippen LogP contribution in [0.5, 0.6) is 0 Å². The van der Waals surface area contributed by atoms with Crippen molar-refractivity contribution in [1.82, 2.24) is 19.9 Å². The van der Waals surface area contributed by atoms with Gasteiger partial charge < -0.3 is 4.90 Å². The summed E-state index contributed by atoms with van der Waals surface area (Å²) in [5, 5.41) is 0. The summed E-state index contributed by atoms with van der Waals surface area (Å²) in [6.45, 7) is 13.1. The summed E-state index contributed by atoms with van der Waals surface area (Å²) in [7, 11) is 0. The Kier molecular flexibility index (Phi) is 5.77. The van der Waals surface area contributed by atoms with Crippen LogP contribution in [0.3, 0.4) is 0 Å². The Labute approximate surface area is 206 Å². The second-order valence-corrected chi connectivity index (χ2v) is 9.20. The van der Waals surface area contributed by atoms with E-state index in [0.29, 0.717) is 11.3 Å². The molecule has 0 aliphatic rings. The Bertz CT molecular complexity index is 1510. The first-order chi connectivity index (χ1) is 16.8. The fraction of sp³-hybridized carbons (Fsp3) is 0.200. The summed E-state index contributed by atoms with van der Waals surface area (Å²) in [4.78, 5) is 20.4. The molecule has 2 aromatic heterocycles. The van der Waals surface area contributed by atoms with E-state index in [-0.39, 0.29) is 0 Å². The van der Waals surface area contributed by atoms with E-state index in [1.807, 2.05) is 6.20 Å². The lowest BCUT2D eigenvalue weighted by Crippen LogP contribution is -2.15. The SMILES string of the molecule is Cc1cc(C)cc(N(c2ccccc2)c2c(C)c(C)c(-c3cnc4nccnc4n3)c(C)c2C)c1. The average Bonchev–Trinajstić information content (AvgIpc) is 2.85. The zero-order chi connectivity index (χ0) is 24.7. The van der Waals surface area contributed by atoms with Gasteiger partial charge in [0, 0.05) is 29.3 Å². The van der Waals surface area contributed by atoms with Crippen molar-refractivity contribution >= 4 is 28.4 Å². The van der Waals surface area contributed by atoms with Crippen molar-refractivity contribution in [1.29, 1.82) is 0 Å². The summed E-state index contributed by atoms with van der Waals surface area (Å²) in [6.07, 6.45) is 5.10. The normalized spacial score (nSPS) is 11.1. The van der Waals surface area contributed by atoms with Crippen LogP contribution < -0.4 is 4.90 Å². The van der Waals surface area contributed by atoms with Crippen LogP contribution in [0.4, 0.5) is 17.1 Å². The zero-order valence-corrected chi connectivity index (χ0v) is 21.1. The molecule has 0 N–H and O–H groups in total. The summed E-state index contributed by atoms with van der Waals surface area (Å²) >= 11 is 0. The maximum atomic E-state index is 4.81. The standard InChI is InChI=1S/C30H29N5/c1-18-14-19(2)16-25(15-18)35(24-10-8-7-9-11-24)28-22(5)20(3)27(21(4)23(28)6)26-17-33-29-30(34-26)32-13-12-31-29/h7-17H,1-6H3. The van der Waals surface area contributed by atoms with E-state index in [4.69, 9.17) is 4.98 Å². The molecule has 0 bridgehead atoms. The molecule has 5 nitrogen and oxygen atoms in total.